The van der Waals surface area contributed by atoms with Crippen molar-refractivity contribution in [2.45, 2.75) is 19.3 Å². The molecular formula is C19H22FN5O3. The van der Waals surface area contributed by atoms with Crippen molar-refractivity contribution in [1.82, 2.24) is 15.1 Å². The van der Waals surface area contributed by atoms with Crippen LogP contribution in [-0.2, 0) is 16.6 Å². The third-order valence-corrected chi connectivity index (χ3v) is 5.62. The monoisotopic (exact) mass is 387 g/mol. The van der Waals surface area contributed by atoms with Crippen molar-refractivity contribution < 1.29 is 18.8 Å². The second kappa shape index (κ2) is 6.57. The Labute approximate surface area is 161 Å². The molecule has 0 atom stereocenters. The van der Waals surface area contributed by atoms with Gasteiger partial charge in [0.1, 0.15) is 17.9 Å². The highest BCUT2D eigenvalue weighted by Gasteiger charge is 2.52. The number of nitrogens with one attached hydrogen (secondary N) is 1. The zero-order valence-corrected chi connectivity index (χ0v) is 15.9. The summed E-state index contributed by atoms with van der Waals surface area (Å²) in [4.78, 5) is 37.6. The summed E-state index contributed by atoms with van der Waals surface area (Å²) in [6.45, 7) is 1.51. The molecule has 28 heavy (non-hydrogen) atoms. The van der Waals surface area contributed by atoms with Gasteiger partial charge in [0.15, 0.2) is 5.82 Å². The van der Waals surface area contributed by atoms with E-state index in [4.69, 9.17) is 0 Å². The maximum absolute atomic E-state index is 14.9. The average Bonchev–Trinajstić information content (AvgIpc) is 2.92. The molecule has 2 fully saturated rings. The SMILES string of the molecule is CNC(=O)N(CCC=O)c1nn(C)c2cc(N3CC4(CC(=O)C4)C3)c(F)cc12. The molecule has 148 valence electrons. The first kappa shape index (κ1) is 18.4. The number of aldehydes is 1. The lowest BCUT2D eigenvalue weighted by molar-refractivity contribution is -0.134. The molecule has 0 radical (unpaired) electrons. The van der Waals surface area contributed by atoms with E-state index in [9.17, 15) is 18.8 Å². The van der Waals surface area contributed by atoms with Crippen molar-refractivity contribution in [3.05, 3.63) is 17.9 Å². The van der Waals surface area contributed by atoms with Crippen LogP contribution < -0.4 is 15.1 Å². The van der Waals surface area contributed by atoms with Gasteiger partial charge in [0, 0.05) is 63.8 Å². The summed E-state index contributed by atoms with van der Waals surface area (Å²) in [6.07, 6.45) is 2.05. The fraction of sp³-hybridized carbons (Fsp3) is 0.474. The van der Waals surface area contributed by atoms with Crippen LogP contribution in [0, 0.1) is 11.2 Å². The lowest BCUT2D eigenvalue weighted by atomic mass is 9.62. The van der Waals surface area contributed by atoms with Gasteiger partial charge in [-0.15, -0.1) is 0 Å². The van der Waals surface area contributed by atoms with Gasteiger partial charge < -0.3 is 15.0 Å². The smallest absolute Gasteiger partial charge is 0.322 e. The summed E-state index contributed by atoms with van der Waals surface area (Å²) < 4.78 is 16.5. The third kappa shape index (κ3) is 2.81. The number of amides is 2. The van der Waals surface area contributed by atoms with Crippen molar-refractivity contribution >= 4 is 40.5 Å². The standard InChI is InChI=1S/C19H22FN5O3/c1-21-18(28)25(4-3-5-26)17-13-6-14(20)16(7-15(13)23(2)22-17)24-10-19(11-24)8-12(27)9-19/h5-7H,3-4,8-11H2,1-2H3,(H,21,28). The molecule has 1 aliphatic carbocycles. The Kier molecular flexibility index (Phi) is 4.32. The Morgan fingerprint density at radius 1 is 1.39 bits per heavy atom. The summed E-state index contributed by atoms with van der Waals surface area (Å²) in [5.74, 6) is 0.194. The van der Waals surface area contributed by atoms with Crippen molar-refractivity contribution in [2.75, 3.05) is 36.5 Å². The van der Waals surface area contributed by atoms with Crippen molar-refractivity contribution in [3.63, 3.8) is 0 Å². The summed E-state index contributed by atoms with van der Waals surface area (Å²) in [7, 11) is 3.22. The quantitative estimate of drug-likeness (QED) is 0.788. The maximum atomic E-state index is 14.9. The van der Waals surface area contributed by atoms with Gasteiger partial charge in [-0.3, -0.25) is 14.4 Å². The highest BCUT2D eigenvalue weighted by Crippen LogP contribution is 2.48. The van der Waals surface area contributed by atoms with E-state index in [-0.39, 0.29) is 24.2 Å². The van der Waals surface area contributed by atoms with Crippen molar-refractivity contribution in [3.8, 4) is 0 Å². The number of ketones is 1. The van der Waals surface area contributed by atoms with E-state index in [1.807, 2.05) is 4.90 Å². The van der Waals surface area contributed by atoms with Crippen LogP contribution in [0.5, 0.6) is 0 Å². The number of nitrogens with zero attached hydrogens (tertiary/aromatic N) is 4. The number of Topliss-reactive ketones (excluding diaryl/α,β-unsaturated/α-hetero) is 1. The van der Waals surface area contributed by atoms with Gasteiger partial charge in [-0.2, -0.15) is 5.10 Å². The van der Waals surface area contributed by atoms with Gasteiger partial charge >= 0.3 is 6.03 Å². The molecule has 0 bridgehead atoms. The summed E-state index contributed by atoms with van der Waals surface area (Å²) in [5.41, 5.74) is 1.20. The zero-order valence-electron chi connectivity index (χ0n) is 15.9. The fourth-order valence-corrected chi connectivity index (χ4v) is 4.25. The minimum absolute atomic E-state index is 0.0287. The Morgan fingerprint density at radius 2 is 2.11 bits per heavy atom. The third-order valence-electron chi connectivity index (χ3n) is 5.62. The lowest BCUT2D eigenvalue weighted by Gasteiger charge is -2.55. The number of aryl methyl sites for hydroxylation is 1. The van der Waals surface area contributed by atoms with Gasteiger partial charge in [-0.05, 0) is 12.1 Å². The summed E-state index contributed by atoms with van der Waals surface area (Å²) in [6, 6.07) is 2.71. The molecular weight excluding hydrogens is 365 g/mol. The number of aromatic nitrogens is 2. The van der Waals surface area contributed by atoms with E-state index in [1.165, 1.54) is 18.0 Å². The number of carbonyl (C=O) groups is 3. The highest BCUT2D eigenvalue weighted by atomic mass is 19.1. The van der Waals surface area contributed by atoms with Crippen molar-refractivity contribution in [2.24, 2.45) is 12.5 Å². The maximum Gasteiger partial charge on any atom is 0.322 e. The first-order valence-electron chi connectivity index (χ1n) is 9.23. The summed E-state index contributed by atoms with van der Waals surface area (Å²) >= 11 is 0. The summed E-state index contributed by atoms with van der Waals surface area (Å²) in [5, 5.41) is 7.43. The molecule has 1 saturated carbocycles. The number of carbonyl (C=O) groups excluding carboxylic acids is 3. The first-order valence-corrected chi connectivity index (χ1v) is 9.23. The second-order valence-corrected chi connectivity index (χ2v) is 7.68. The van der Waals surface area contributed by atoms with Crippen LogP contribution in [0.2, 0.25) is 0 Å². The molecule has 8 nitrogen and oxygen atoms in total. The number of fused-ring (bicyclic) bond motifs is 1. The molecule has 1 aromatic heterocycles. The van der Waals surface area contributed by atoms with Crippen LogP contribution in [0.15, 0.2) is 12.1 Å². The number of anilines is 2. The zero-order chi connectivity index (χ0) is 20.1. The van der Waals surface area contributed by atoms with Gasteiger partial charge in [-0.25, -0.2) is 9.18 Å². The number of hydrogen-bond donors (Lipinski definition) is 1. The van der Waals surface area contributed by atoms with E-state index in [1.54, 1.807) is 17.8 Å². The van der Waals surface area contributed by atoms with Crippen molar-refractivity contribution in [1.29, 1.82) is 0 Å². The van der Waals surface area contributed by atoms with E-state index in [2.05, 4.69) is 10.4 Å². The van der Waals surface area contributed by atoms with Gasteiger partial charge in [0.2, 0.25) is 0 Å². The number of halogens is 1. The van der Waals surface area contributed by atoms with Crippen LogP contribution in [0.3, 0.4) is 0 Å². The van der Waals surface area contributed by atoms with Crippen LogP contribution in [-0.4, -0.2) is 54.6 Å². The lowest BCUT2D eigenvalue weighted by Crippen LogP contribution is -2.63. The Balaban J connectivity index is 1.67. The Hall–Kier alpha value is -2.97. The predicted molar refractivity (Wildman–Crippen MR) is 102 cm³/mol. The van der Waals surface area contributed by atoms with E-state index < -0.39 is 11.8 Å². The van der Waals surface area contributed by atoms with Crippen LogP contribution >= 0.6 is 0 Å². The largest absolute Gasteiger partial charge is 0.368 e. The molecule has 1 aromatic carbocycles. The number of rotatable bonds is 5. The first-order chi connectivity index (χ1) is 13.4. The van der Waals surface area contributed by atoms with Crippen LogP contribution in [0.4, 0.5) is 20.7 Å². The number of benzene rings is 1. The average molecular weight is 387 g/mol. The van der Waals surface area contributed by atoms with E-state index in [0.29, 0.717) is 48.3 Å². The minimum atomic E-state index is -0.411. The molecule has 1 saturated heterocycles. The molecule has 0 unspecified atom stereocenters. The molecule has 9 heteroatoms. The topological polar surface area (TPSA) is 87.5 Å². The minimum Gasteiger partial charge on any atom is -0.368 e. The molecule has 1 N–H and O–H groups in total. The molecule has 1 spiro atoms. The predicted octanol–water partition coefficient (Wildman–Crippen LogP) is 1.62. The number of hydrogen-bond acceptors (Lipinski definition) is 5. The van der Waals surface area contributed by atoms with E-state index >= 15 is 0 Å². The van der Waals surface area contributed by atoms with Gasteiger partial charge in [0.05, 0.1) is 11.2 Å². The van der Waals surface area contributed by atoms with Crippen LogP contribution in [0.25, 0.3) is 10.9 Å². The Morgan fingerprint density at radius 3 is 2.71 bits per heavy atom. The molecule has 1 aliphatic heterocycles. The molecule has 2 heterocycles. The van der Waals surface area contributed by atoms with Crippen LogP contribution in [0.1, 0.15) is 19.3 Å². The molecule has 4 rings (SSSR count). The molecule has 2 aliphatic rings. The van der Waals surface area contributed by atoms with Gasteiger partial charge in [-0.1, -0.05) is 0 Å². The normalized spacial score (nSPS) is 17.4. The fourth-order valence-electron chi connectivity index (χ4n) is 4.25. The van der Waals surface area contributed by atoms with E-state index in [0.717, 1.165) is 6.29 Å². The molecule has 2 amide bonds. The second-order valence-electron chi connectivity index (χ2n) is 7.68. The van der Waals surface area contributed by atoms with Gasteiger partial charge in [0.25, 0.3) is 0 Å². The Bertz CT molecular complexity index is 970. The highest BCUT2D eigenvalue weighted by molar-refractivity contribution is 6.02. The molecule has 2 aromatic rings. The number of urea groups is 1.